The van der Waals surface area contributed by atoms with Crippen molar-refractivity contribution in [2.45, 2.75) is 0 Å². The Morgan fingerprint density at radius 2 is 1.94 bits per heavy atom. The molecule has 0 aliphatic heterocycles. The summed E-state index contributed by atoms with van der Waals surface area (Å²) in [5.41, 5.74) is 0.381. The van der Waals surface area contributed by atoms with Crippen LogP contribution >= 0.6 is 0 Å². The van der Waals surface area contributed by atoms with E-state index in [1.54, 1.807) is 31.4 Å². The van der Waals surface area contributed by atoms with E-state index in [0.29, 0.717) is 11.3 Å². The molecular weight excluding hydrogens is 212 g/mol. The van der Waals surface area contributed by atoms with Crippen LogP contribution in [0.3, 0.4) is 0 Å². The fraction of sp³-hybridized carbons (Fsp3) is 0.273. The zero-order valence-electron chi connectivity index (χ0n) is 9.14. The molecule has 0 unspecified atom stereocenters. The molecule has 1 aromatic rings. The topological polar surface area (TPSA) is 54.0 Å². The summed E-state index contributed by atoms with van der Waals surface area (Å²) in [4.78, 5) is 20.4. The van der Waals surface area contributed by atoms with Crippen LogP contribution < -0.4 is 4.74 Å². The van der Waals surface area contributed by atoms with Crippen molar-refractivity contribution in [2.24, 2.45) is 0 Å². The maximum absolute atomic E-state index is 11.4. The van der Waals surface area contributed by atoms with Crippen molar-refractivity contribution in [1.82, 2.24) is 0 Å². The van der Waals surface area contributed by atoms with Gasteiger partial charge in [-0.25, -0.2) is 4.79 Å². The molecular formula is C11H13O5. The van der Waals surface area contributed by atoms with E-state index in [-0.39, 0.29) is 6.61 Å². The second-order valence-corrected chi connectivity index (χ2v) is 2.82. The Morgan fingerprint density at radius 1 is 1.25 bits per heavy atom. The number of benzene rings is 1. The summed E-state index contributed by atoms with van der Waals surface area (Å²) >= 11 is 0. The van der Waals surface area contributed by atoms with Crippen LogP contribution in [0, 0.1) is 6.61 Å². The van der Waals surface area contributed by atoms with Gasteiger partial charge >= 0.3 is 5.97 Å². The molecule has 0 amide bonds. The highest BCUT2D eigenvalue weighted by atomic mass is 17.2. The number of hydrogen-bond acceptors (Lipinski definition) is 5. The maximum atomic E-state index is 11.4. The average molecular weight is 225 g/mol. The number of ether oxygens (including phenoxy) is 2. The lowest BCUT2D eigenvalue weighted by molar-refractivity contribution is -0.217. The van der Waals surface area contributed by atoms with Gasteiger partial charge in [-0.05, 0) is 24.3 Å². The van der Waals surface area contributed by atoms with Crippen molar-refractivity contribution in [3.05, 3.63) is 36.4 Å². The summed E-state index contributed by atoms with van der Waals surface area (Å²) < 4.78 is 9.63. The van der Waals surface area contributed by atoms with Crippen LogP contribution in [-0.2, 0) is 14.5 Å². The van der Waals surface area contributed by atoms with E-state index >= 15 is 0 Å². The molecule has 0 atom stereocenters. The first-order valence-corrected chi connectivity index (χ1v) is 4.60. The largest absolute Gasteiger partial charge is 0.497 e. The highest BCUT2D eigenvalue weighted by Gasteiger charge is 2.08. The molecule has 1 radical (unpaired) electrons. The van der Waals surface area contributed by atoms with Crippen LogP contribution in [0.1, 0.15) is 10.4 Å². The first-order valence-electron chi connectivity index (χ1n) is 4.60. The summed E-state index contributed by atoms with van der Waals surface area (Å²) in [5.74, 6) is 0.0958. The van der Waals surface area contributed by atoms with E-state index in [1.807, 2.05) is 0 Å². The zero-order valence-corrected chi connectivity index (χ0v) is 9.14. The van der Waals surface area contributed by atoms with Crippen LogP contribution in [-0.4, -0.2) is 26.8 Å². The number of methoxy groups -OCH3 is 2. The molecule has 0 fully saturated rings. The lowest BCUT2D eigenvalue weighted by Crippen LogP contribution is -2.06. The minimum atomic E-state index is -0.574. The quantitative estimate of drug-likeness (QED) is 0.418. The zero-order chi connectivity index (χ0) is 11.8. The molecule has 0 saturated heterocycles. The van der Waals surface area contributed by atoms with Crippen LogP contribution in [0.25, 0.3) is 0 Å². The number of carbonyl (C=O) groups excluding carboxylic acids is 1. The standard InChI is InChI=1S/C11H13O5/c1-13-7-8-15-16-11(12)9-3-5-10(14-2)6-4-9/h3-6,8H,7H2,1-2H3. The van der Waals surface area contributed by atoms with Gasteiger partial charge in [0.05, 0.1) is 19.3 Å². The Bertz CT molecular complexity index is 320. The Morgan fingerprint density at radius 3 is 2.50 bits per heavy atom. The van der Waals surface area contributed by atoms with Crippen molar-refractivity contribution in [1.29, 1.82) is 0 Å². The molecule has 0 N–H and O–H groups in total. The van der Waals surface area contributed by atoms with Crippen LogP contribution in [0.5, 0.6) is 5.75 Å². The molecule has 1 aromatic carbocycles. The van der Waals surface area contributed by atoms with Gasteiger partial charge in [0.2, 0.25) is 0 Å². The van der Waals surface area contributed by atoms with E-state index < -0.39 is 5.97 Å². The summed E-state index contributed by atoms with van der Waals surface area (Å²) in [6, 6.07) is 6.49. The number of rotatable bonds is 6. The van der Waals surface area contributed by atoms with Gasteiger partial charge in [0.15, 0.2) is 6.61 Å². The van der Waals surface area contributed by atoms with E-state index in [1.165, 1.54) is 13.7 Å². The SMILES string of the molecule is COC[CH]OOC(=O)c1ccc(OC)cc1. The second-order valence-electron chi connectivity index (χ2n) is 2.82. The minimum absolute atomic E-state index is 0.246. The van der Waals surface area contributed by atoms with Crippen molar-refractivity contribution < 1.29 is 24.0 Å². The van der Waals surface area contributed by atoms with Crippen molar-refractivity contribution in [3.63, 3.8) is 0 Å². The molecule has 1 rings (SSSR count). The number of carbonyl (C=O) groups is 1. The molecule has 0 aliphatic rings. The predicted molar refractivity (Wildman–Crippen MR) is 55.7 cm³/mol. The van der Waals surface area contributed by atoms with Gasteiger partial charge in [-0.3, -0.25) is 4.89 Å². The smallest absolute Gasteiger partial charge is 0.373 e. The van der Waals surface area contributed by atoms with Gasteiger partial charge in [0.25, 0.3) is 0 Å². The molecule has 5 heteroatoms. The molecule has 0 saturated carbocycles. The van der Waals surface area contributed by atoms with Gasteiger partial charge in [-0.15, -0.1) is 0 Å². The van der Waals surface area contributed by atoms with E-state index in [2.05, 4.69) is 14.5 Å². The lowest BCUT2D eigenvalue weighted by atomic mass is 10.2. The highest BCUT2D eigenvalue weighted by molar-refractivity contribution is 5.89. The molecule has 0 spiro atoms. The predicted octanol–water partition coefficient (Wildman–Crippen LogP) is 1.59. The first-order chi connectivity index (χ1) is 7.77. The van der Waals surface area contributed by atoms with Crippen LogP contribution in [0.4, 0.5) is 0 Å². The van der Waals surface area contributed by atoms with E-state index in [0.717, 1.165) is 0 Å². The van der Waals surface area contributed by atoms with Crippen molar-refractivity contribution in [3.8, 4) is 5.75 Å². The molecule has 0 heterocycles. The Balaban J connectivity index is 2.40. The summed E-state index contributed by atoms with van der Waals surface area (Å²) in [7, 11) is 3.06. The molecule has 0 bridgehead atoms. The Hall–Kier alpha value is -1.59. The second kappa shape index (κ2) is 6.81. The maximum Gasteiger partial charge on any atom is 0.373 e. The molecule has 0 aliphatic carbocycles. The van der Waals surface area contributed by atoms with Gasteiger partial charge in [0, 0.05) is 7.11 Å². The average Bonchev–Trinajstić information content (AvgIpc) is 2.34. The van der Waals surface area contributed by atoms with Gasteiger partial charge in [0.1, 0.15) is 5.75 Å². The summed E-state index contributed by atoms with van der Waals surface area (Å²) in [6.45, 7) is 1.48. The molecule has 16 heavy (non-hydrogen) atoms. The van der Waals surface area contributed by atoms with Crippen molar-refractivity contribution in [2.75, 3.05) is 20.8 Å². The normalized spacial score (nSPS) is 9.88. The van der Waals surface area contributed by atoms with Gasteiger partial charge in [-0.1, -0.05) is 0 Å². The van der Waals surface area contributed by atoms with Crippen LogP contribution in [0.2, 0.25) is 0 Å². The third-order valence-corrected chi connectivity index (χ3v) is 1.75. The molecule has 0 aromatic heterocycles. The third kappa shape index (κ3) is 3.88. The van der Waals surface area contributed by atoms with E-state index in [9.17, 15) is 4.79 Å². The fourth-order valence-electron chi connectivity index (χ4n) is 0.949. The van der Waals surface area contributed by atoms with Gasteiger partial charge < -0.3 is 9.47 Å². The molecule has 87 valence electrons. The summed E-state index contributed by atoms with van der Waals surface area (Å²) in [6.07, 6.45) is 0. The number of hydrogen-bond donors (Lipinski definition) is 0. The minimum Gasteiger partial charge on any atom is -0.497 e. The highest BCUT2D eigenvalue weighted by Crippen LogP contribution is 2.12. The third-order valence-electron chi connectivity index (χ3n) is 1.75. The Labute approximate surface area is 93.8 Å². The van der Waals surface area contributed by atoms with Crippen LogP contribution in [0.15, 0.2) is 24.3 Å². The monoisotopic (exact) mass is 225 g/mol. The molecule has 5 nitrogen and oxygen atoms in total. The van der Waals surface area contributed by atoms with E-state index in [4.69, 9.17) is 4.74 Å². The first kappa shape index (κ1) is 12.5. The Kier molecular flexibility index (Phi) is 5.31. The lowest BCUT2D eigenvalue weighted by Gasteiger charge is -2.03. The van der Waals surface area contributed by atoms with Crippen molar-refractivity contribution >= 4 is 5.97 Å². The fourth-order valence-corrected chi connectivity index (χ4v) is 0.949. The van der Waals surface area contributed by atoms with Gasteiger partial charge in [-0.2, -0.15) is 4.89 Å². The summed E-state index contributed by atoms with van der Waals surface area (Å²) in [5, 5.41) is 0.